The Morgan fingerprint density at radius 3 is 1.55 bits per heavy atom. The molecule has 0 aromatic heterocycles. The fraction of sp³-hybridized carbons (Fsp3) is 0.200. The second-order valence-corrected chi connectivity index (χ2v) is 11.2. The molecule has 1 atom stereocenters. The summed E-state index contributed by atoms with van der Waals surface area (Å²) in [5.74, 6) is 0.931. The van der Waals surface area contributed by atoms with E-state index in [1.165, 1.54) is 0 Å². The van der Waals surface area contributed by atoms with Crippen molar-refractivity contribution in [3.05, 3.63) is 161 Å². The SMILES string of the molecule is O=C(NC(CO)C(=O)NCCc1ccc(OCc2ccccc2)c(OCc2ccccc2)c1OCc1ccccc1)OCc1ccccc1. The number of ether oxygens (including phenoxy) is 4. The second-order valence-electron chi connectivity index (χ2n) is 11.2. The normalized spacial score (nSPS) is 11.2. The van der Waals surface area contributed by atoms with Gasteiger partial charge in [0.25, 0.3) is 0 Å². The molecule has 252 valence electrons. The van der Waals surface area contributed by atoms with Gasteiger partial charge in [-0.05, 0) is 34.7 Å². The van der Waals surface area contributed by atoms with E-state index in [-0.39, 0.29) is 26.4 Å². The first-order chi connectivity index (χ1) is 24.1. The number of carbonyl (C=O) groups is 2. The van der Waals surface area contributed by atoms with Crippen molar-refractivity contribution in [1.82, 2.24) is 10.6 Å². The Bertz CT molecular complexity index is 1740. The number of aliphatic hydroxyl groups is 1. The highest BCUT2D eigenvalue weighted by molar-refractivity contribution is 5.85. The Kier molecular flexibility index (Phi) is 13.0. The van der Waals surface area contributed by atoms with E-state index in [0.717, 1.165) is 27.8 Å². The molecule has 0 bridgehead atoms. The zero-order chi connectivity index (χ0) is 34.1. The molecule has 0 heterocycles. The summed E-state index contributed by atoms with van der Waals surface area (Å²) in [6.45, 7) is 0.542. The molecule has 49 heavy (non-hydrogen) atoms. The average molecular weight is 661 g/mol. The lowest BCUT2D eigenvalue weighted by Crippen LogP contribution is -2.49. The van der Waals surface area contributed by atoms with Gasteiger partial charge in [0, 0.05) is 12.1 Å². The van der Waals surface area contributed by atoms with Crippen LogP contribution in [0.2, 0.25) is 0 Å². The van der Waals surface area contributed by atoms with Gasteiger partial charge >= 0.3 is 6.09 Å². The molecule has 3 N–H and O–H groups in total. The maximum Gasteiger partial charge on any atom is 0.408 e. The Morgan fingerprint density at radius 2 is 1.04 bits per heavy atom. The van der Waals surface area contributed by atoms with Crippen LogP contribution in [0.25, 0.3) is 0 Å². The molecular formula is C40H40N2O7. The third-order valence-corrected chi connectivity index (χ3v) is 7.54. The summed E-state index contributed by atoms with van der Waals surface area (Å²) in [7, 11) is 0. The summed E-state index contributed by atoms with van der Waals surface area (Å²) >= 11 is 0. The van der Waals surface area contributed by atoms with Gasteiger partial charge in [0.15, 0.2) is 11.5 Å². The third kappa shape index (κ3) is 10.9. The van der Waals surface area contributed by atoms with E-state index in [1.54, 1.807) is 0 Å². The van der Waals surface area contributed by atoms with E-state index in [4.69, 9.17) is 18.9 Å². The van der Waals surface area contributed by atoms with Crippen molar-refractivity contribution >= 4 is 12.0 Å². The van der Waals surface area contributed by atoms with Gasteiger partial charge in [-0.3, -0.25) is 4.79 Å². The first kappa shape index (κ1) is 34.5. The van der Waals surface area contributed by atoms with Gasteiger partial charge in [0.05, 0.1) is 6.61 Å². The lowest BCUT2D eigenvalue weighted by atomic mass is 10.1. The summed E-state index contributed by atoms with van der Waals surface area (Å²) in [5, 5.41) is 15.1. The number of nitrogens with one attached hydrogen (secondary N) is 2. The summed E-state index contributed by atoms with van der Waals surface area (Å²) in [5.41, 5.74) is 4.54. The van der Waals surface area contributed by atoms with Crippen LogP contribution in [0, 0.1) is 0 Å². The molecule has 0 aliphatic rings. The van der Waals surface area contributed by atoms with Crippen LogP contribution in [0.4, 0.5) is 4.79 Å². The second kappa shape index (κ2) is 18.5. The molecule has 5 rings (SSSR count). The molecular weight excluding hydrogens is 620 g/mol. The zero-order valence-electron chi connectivity index (χ0n) is 27.1. The van der Waals surface area contributed by atoms with Crippen LogP contribution in [-0.4, -0.2) is 36.3 Å². The minimum Gasteiger partial charge on any atom is -0.485 e. The fourth-order valence-electron chi connectivity index (χ4n) is 4.93. The molecule has 0 spiro atoms. The standard InChI is InChI=1S/C40H40N2O7/c43-25-35(42-40(45)49-29-33-19-11-4-12-20-33)39(44)41-24-23-34-21-22-36(46-26-30-13-5-1-6-14-30)38(48-28-32-17-9-3-10-18-32)37(34)47-27-31-15-7-2-8-16-31/h1-22,35,43H,23-29H2,(H,41,44)(H,42,45). The average Bonchev–Trinajstić information content (AvgIpc) is 3.15. The Hall–Kier alpha value is -5.80. The predicted molar refractivity (Wildman–Crippen MR) is 186 cm³/mol. The Morgan fingerprint density at radius 1 is 0.571 bits per heavy atom. The van der Waals surface area contributed by atoms with Crippen molar-refractivity contribution in [3.8, 4) is 17.2 Å². The molecule has 9 nitrogen and oxygen atoms in total. The minimum absolute atomic E-state index is 0.0396. The van der Waals surface area contributed by atoms with Crippen LogP contribution in [-0.2, 0) is 42.4 Å². The number of amides is 2. The lowest BCUT2D eigenvalue weighted by molar-refractivity contribution is -0.123. The molecule has 5 aromatic rings. The molecule has 0 aliphatic heterocycles. The van der Waals surface area contributed by atoms with Gasteiger partial charge in [0.2, 0.25) is 11.7 Å². The fourth-order valence-corrected chi connectivity index (χ4v) is 4.93. The van der Waals surface area contributed by atoms with E-state index < -0.39 is 24.6 Å². The van der Waals surface area contributed by atoms with Crippen LogP contribution in [0.1, 0.15) is 27.8 Å². The molecule has 0 saturated heterocycles. The van der Waals surface area contributed by atoms with Crippen molar-refractivity contribution in [3.63, 3.8) is 0 Å². The first-order valence-corrected chi connectivity index (χ1v) is 16.1. The number of rotatable bonds is 17. The van der Waals surface area contributed by atoms with Crippen molar-refractivity contribution in [2.75, 3.05) is 13.2 Å². The highest BCUT2D eigenvalue weighted by Crippen LogP contribution is 2.42. The van der Waals surface area contributed by atoms with Gasteiger partial charge in [-0.25, -0.2) is 4.79 Å². The van der Waals surface area contributed by atoms with Crippen LogP contribution < -0.4 is 24.8 Å². The van der Waals surface area contributed by atoms with Gasteiger partial charge in [0.1, 0.15) is 32.5 Å². The summed E-state index contributed by atoms with van der Waals surface area (Å²) in [6.07, 6.45) is -0.436. The molecule has 1 unspecified atom stereocenters. The number of hydrogen-bond donors (Lipinski definition) is 3. The molecule has 0 aliphatic carbocycles. The van der Waals surface area contributed by atoms with Crippen molar-refractivity contribution in [2.24, 2.45) is 0 Å². The van der Waals surface area contributed by atoms with Gasteiger partial charge in [-0.1, -0.05) is 127 Å². The van der Waals surface area contributed by atoms with Crippen LogP contribution >= 0.6 is 0 Å². The number of aliphatic hydroxyl groups excluding tert-OH is 1. The largest absolute Gasteiger partial charge is 0.485 e. The number of carbonyl (C=O) groups excluding carboxylic acids is 2. The summed E-state index contributed by atoms with van der Waals surface area (Å²) in [4.78, 5) is 25.3. The smallest absolute Gasteiger partial charge is 0.408 e. The van der Waals surface area contributed by atoms with Crippen LogP contribution in [0.3, 0.4) is 0 Å². The highest BCUT2D eigenvalue weighted by atomic mass is 16.6. The highest BCUT2D eigenvalue weighted by Gasteiger charge is 2.22. The van der Waals surface area contributed by atoms with E-state index in [2.05, 4.69) is 10.6 Å². The third-order valence-electron chi connectivity index (χ3n) is 7.54. The lowest BCUT2D eigenvalue weighted by Gasteiger charge is -2.21. The predicted octanol–water partition coefficient (Wildman–Crippen LogP) is 6.37. The molecule has 5 aromatic carbocycles. The number of benzene rings is 5. The first-order valence-electron chi connectivity index (χ1n) is 16.1. The number of hydrogen-bond acceptors (Lipinski definition) is 7. The molecule has 2 amide bonds. The van der Waals surface area contributed by atoms with E-state index in [9.17, 15) is 14.7 Å². The minimum atomic E-state index is -1.18. The molecule has 0 radical (unpaired) electrons. The van der Waals surface area contributed by atoms with E-state index in [1.807, 2.05) is 133 Å². The van der Waals surface area contributed by atoms with Gasteiger partial charge in [-0.15, -0.1) is 0 Å². The maximum atomic E-state index is 13.0. The van der Waals surface area contributed by atoms with Crippen LogP contribution in [0.15, 0.2) is 133 Å². The van der Waals surface area contributed by atoms with Crippen LogP contribution in [0.5, 0.6) is 17.2 Å². The van der Waals surface area contributed by atoms with Gasteiger partial charge < -0.3 is 34.7 Å². The summed E-state index contributed by atoms with van der Waals surface area (Å²) in [6, 6.07) is 41.2. The maximum absolute atomic E-state index is 13.0. The van der Waals surface area contributed by atoms with Crippen molar-refractivity contribution in [2.45, 2.75) is 38.9 Å². The Labute approximate surface area is 286 Å². The monoisotopic (exact) mass is 660 g/mol. The van der Waals surface area contributed by atoms with Gasteiger partial charge in [-0.2, -0.15) is 0 Å². The summed E-state index contributed by atoms with van der Waals surface area (Å²) < 4.78 is 24.4. The molecule has 0 fully saturated rings. The molecule has 9 heteroatoms. The topological polar surface area (TPSA) is 115 Å². The van der Waals surface area contributed by atoms with Crippen molar-refractivity contribution < 1.29 is 33.6 Å². The molecule has 0 saturated carbocycles. The quantitative estimate of drug-likeness (QED) is 0.106. The zero-order valence-corrected chi connectivity index (χ0v) is 27.1. The van der Waals surface area contributed by atoms with E-state index >= 15 is 0 Å². The Balaban J connectivity index is 1.30. The van der Waals surface area contributed by atoms with Crippen molar-refractivity contribution in [1.29, 1.82) is 0 Å². The van der Waals surface area contributed by atoms with E-state index in [0.29, 0.717) is 30.3 Å². The number of alkyl carbamates (subject to hydrolysis) is 1.